The third-order valence-corrected chi connectivity index (χ3v) is 6.62. The molecule has 186 valence electrons. The molecule has 0 unspecified atom stereocenters. The summed E-state index contributed by atoms with van der Waals surface area (Å²) in [6, 6.07) is 8.93. The maximum absolute atomic E-state index is 14.5. The van der Waals surface area contributed by atoms with Gasteiger partial charge in [0.15, 0.2) is 6.33 Å². The molecule has 2 aromatic carbocycles. The van der Waals surface area contributed by atoms with Crippen LogP contribution in [0.25, 0.3) is 0 Å². The lowest BCUT2D eigenvalue weighted by atomic mass is 10.3. The van der Waals surface area contributed by atoms with Gasteiger partial charge in [-0.3, -0.25) is 4.31 Å². The number of aromatic nitrogens is 4. The minimum absolute atomic E-state index is 0.113. The summed E-state index contributed by atoms with van der Waals surface area (Å²) in [4.78, 5) is 13.2. The molecule has 0 aliphatic rings. The van der Waals surface area contributed by atoms with Gasteiger partial charge in [0.05, 0.1) is 23.7 Å². The zero-order valence-electron chi connectivity index (χ0n) is 18.2. The fourth-order valence-electron chi connectivity index (χ4n) is 2.76. The number of rotatable bonds is 10. The van der Waals surface area contributed by atoms with Crippen LogP contribution in [0.5, 0.6) is 0 Å². The zero-order chi connectivity index (χ0) is 25.8. The average Bonchev–Trinajstić information content (AvgIpc) is 3.36. The molecule has 3 aromatic rings. The van der Waals surface area contributed by atoms with E-state index in [-0.39, 0.29) is 35.3 Å². The van der Waals surface area contributed by atoms with Crippen molar-refractivity contribution in [3.8, 4) is 12.8 Å². The number of anilines is 1. The molecule has 1 N–H and O–H groups in total. The average molecular weight is 543 g/mol. The first-order chi connectivity index (χ1) is 16.8. The van der Waals surface area contributed by atoms with E-state index < -0.39 is 21.9 Å². The Hall–Kier alpha value is -3.40. The summed E-state index contributed by atoms with van der Waals surface area (Å²) >= 11 is 11.8. The van der Waals surface area contributed by atoms with Crippen LogP contribution in [0.2, 0.25) is 10.0 Å². The van der Waals surface area contributed by atoms with E-state index in [4.69, 9.17) is 27.9 Å². The summed E-state index contributed by atoms with van der Waals surface area (Å²) in [5.41, 5.74) is -0.276. The number of carbonyl (C=O) groups is 1. The number of carbonyl (C=O) groups excluding carboxylic acids is 1. The van der Waals surface area contributed by atoms with Gasteiger partial charge < -0.3 is 10.1 Å². The smallest absolute Gasteiger partial charge is 0.407 e. The first-order valence-corrected chi connectivity index (χ1v) is 12.1. The molecule has 0 aliphatic heterocycles. The van der Waals surface area contributed by atoms with Crippen molar-refractivity contribution in [2.45, 2.75) is 17.9 Å². The first-order valence-electron chi connectivity index (χ1n) is 9.95. The Labute approximate surface area is 212 Å². The molecular weight excluding hydrogens is 522 g/mol. The number of alkyl carbamates (subject to hydrolysis) is 1. The van der Waals surface area contributed by atoms with Crippen molar-refractivity contribution in [1.82, 2.24) is 25.5 Å². The predicted molar refractivity (Wildman–Crippen MR) is 129 cm³/mol. The summed E-state index contributed by atoms with van der Waals surface area (Å²) in [7, 11) is -4.21. The molecule has 0 radical (unpaired) electrons. The number of benzene rings is 2. The van der Waals surface area contributed by atoms with Crippen molar-refractivity contribution in [3.05, 3.63) is 64.7 Å². The Bertz CT molecular complexity index is 1220. The molecule has 0 fully saturated rings. The molecule has 1 heterocycles. The fourth-order valence-corrected chi connectivity index (χ4v) is 4.50. The SMILES string of the molecule is C#C.O=C(NCCCn1ncnn1)OCCN(c1cc(Cl)ccc1F)S(=O)(=O)c1ccc(Cl)cc1. The van der Waals surface area contributed by atoms with Crippen molar-refractivity contribution in [2.75, 3.05) is 24.0 Å². The Morgan fingerprint density at radius 1 is 1.14 bits per heavy atom. The van der Waals surface area contributed by atoms with E-state index in [9.17, 15) is 17.6 Å². The number of tetrazole rings is 1. The molecular formula is C21H21Cl2FN6O4S. The lowest BCUT2D eigenvalue weighted by Gasteiger charge is -2.25. The summed E-state index contributed by atoms with van der Waals surface area (Å²) in [5, 5.41) is 14.1. The molecule has 3 rings (SSSR count). The largest absolute Gasteiger partial charge is 0.448 e. The fraction of sp³-hybridized carbons (Fsp3) is 0.238. The number of aryl methyl sites for hydroxylation is 1. The van der Waals surface area contributed by atoms with E-state index >= 15 is 0 Å². The Kier molecular flexibility index (Phi) is 10.7. The highest BCUT2D eigenvalue weighted by atomic mass is 35.5. The van der Waals surface area contributed by atoms with E-state index in [0.717, 1.165) is 10.4 Å². The Balaban J connectivity index is 0.00000210. The van der Waals surface area contributed by atoms with Gasteiger partial charge in [-0.25, -0.2) is 17.6 Å². The minimum Gasteiger partial charge on any atom is -0.448 e. The summed E-state index contributed by atoms with van der Waals surface area (Å²) < 4.78 is 46.8. The van der Waals surface area contributed by atoms with Crippen molar-refractivity contribution in [3.63, 3.8) is 0 Å². The highest BCUT2D eigenvalue weighted by Crippen LogP contribution is 2.29. The highest BCUT2D eigenvalue weighted by molar-refractivity contribution is 7.92. The highest BCUT2D eigenvalue weighted by Gasteiger charge is 2.27. The summed E-state index contributed by atoms with van der Waals surface area (Å²) in [5.74, 6) is -0.803. The molecule has 0 saturated carbocycles. The number of nitrogens with zero attached hydrogens (tertiary/aromatic N) is 5. The Morgan fingerprint density at radius 3 is 2.49 bits per heavy atom. The summed E-state index contributed by atoms with van der Waals surface area (Å²) in [6.07, 6.45) is 9.07. The van der Waals surface area contributed by atoms with Crippen molar-refractivity contribution in [1.29, 1.82) is 0 Å². The van der Waals surface area contributed by atoms with Crippen LogP contribution >= 0.6 is 23.2 Å². The zero-order valence-corrected chi connectivity index (χ0v) is 20.5. The monoisotopic (exact) mass is 542 g/mol. The van der Waals surface area contributed by atoms with Crippen LogP contribution in [-0.4, -0.2) is 54.4 Å². The molecule has 0 atom stereocenters. The van der Waals surface area contributed by atoms with Gasteiger partial charge in [-0.2, -0.15) is 4.80 Å². The second-order valence-corrected chi connectivity index (χ2v) is 9.31. The van der Waals surface area contributed by atoms with Gasteiger partial charge in [0, 0.05) is 16.6 Å². The van der Waals surface area contributed by atoms with Crippen LogP contribution in [0.4, 0.5) is 14.9 Å². The number of ether oxygens (including phenoxy) is 1. The van der Waals surface area contributed by atoms with E-state index in [2.05, 4.69) is 33.6 Å². The quantitative estimate of drug-likeness (QED) is 0.308. The third-order valence-electron chi connectivity index (χ3n) is 4.30. The van der Waals surface area contributed by atoms with Crippen molar-refractivity contribution in [2.24, 2.45) is 0 Å². The number of hydrogen-bond donors (Lipinski definition) is 1. The number of hydrogen-bond acceptors (Lipinski definition) is 7. The molecule has 14 heteroatoms. The molecule has 0 saturated heterocycles. The number of amides is 1. The van der Waals surface area contributed by atoms with Gasteiger partial charge in [0.25, 0.3) is 10.0 Å². The van der Waals surface area contributed by atoms with Crippen molar-refractivity contribution >= 4 is 45.0 Å². The van der Waals surface area contributed by atoms with Crippen LogP contribution in [0, 0.1) is 18.7 Å². The standard InChI is InChI=1S/C19H19Cl2FN6O4S.C2H2/c20-14-2-5-16(6-3-14)33(30,31)27(18-12-15(21)4-7-17(18)22)10-11-32-19(29)23-8-1-9-28-25-13-24-26-28;1-2/h2-7,12-13H,1,8-11H2,(H,23,29);1-2H. The predicted octanol–water partition coefficient (Wildman–Crippen LogP) is 3.38. The van der Waals surface area contributed by atoms with E-state index in [1.54, 1.807) is 0 Å². The number of halogens is 3. The first kappa shape index (κ1) is 27.8. The maximum atomic E-state index is 14.5. The molecule has 10 nitrogen and oxygen atoms in total. The molecule has 0 aliphatic carbocycles. The van der Waals surface area contributed by atoms with Gasteiger partial charge in [0.1, 0.15) is 12.4 Å². The molecule has 35 heavy (non-hydrogen) atoms. The number of terminal acetylenes is 1. The van der Waals surface area contributed by atoms with Crippen LogP contribution in [0.1, 0.15) is 6.42 Å². The van der Waals surface area contributed by atoms with Crippen LogP contribution in [-0.2, 0) is 21.3 Å². The van der Waals surface area contributed by atoms with E-state index in [0.29, 0.717) is 18.0 Å². The van der Waals surface area contributed by atoms with Gasteiger partial charge in [-0.1, -0.05) is 23.2 Å². The second kappa shape index (κ2) is 13.5. The van der Waals surface area contributed by atoms with Gasteiger partial charge in [0.2, 0.25) is 0 Å². The summed E-state index contributed by atoms with van der Waals surface area (Å²) in [6.45, 7) is 0.0330. The van der Waals surface area contributed by atoms with E-state index in [1.807, 2.05) is 0 Å². The van der Waals surface area contributed by atoms with Crippen molar-refractivity contribution < 1.29 is 22.3 Å². The van der Waals surface area contributed by atoms with Gasteiger partial charge in [-0.15, -0.1) is 23.0 Å². The second-order valence-electron chi connectivity index (χ2n) is 6.57. The molecule has 1 amide bonds. The van der Waals surface area contributed by atoms with E-state index in [1.165, 1.54) is 47.5 Å². The number of nitrogens with one attached hydrogen (secondary N) is 1. The number of sulfonamides is 1. The lowest BCUT2D eigenvalue weighted by Crippen LogP contribution is -2.36. The minimum atomic E-state index is -4.21. The molecule has 0 spiro atoms. The third kappa shape index (κ3) is 8.10. The molecule has 1 aromatic heterocycles. The van der Waals surface area contributed by atoms with Gasteiger partial charge in [-0.05, 0) is 54.1 Å². The maximum Gasteiger partial charge on any atom is 0.407 e. The Morgan fingerprint density at radius 2 is 1.83 bits per heavy atom. The lowest BCUT2D eigenvalue weighted by molar-refractivity contribution is 0.149. The van der Waals surface area contributed by atoms with Gasteiger partial charge >= 0.3 is 6.09 Å². The molecule has 0 bridgehead atoms. The topological polar surface area (TPSA) is 119 Å². The van der Waals surface area contributed by atoms with Crippen LogP contribution < -0.4 is 9.62 Å². The van der Waals surface area contributed by atoms with Crippen LogP contribution in [0.15, 0.2) is 53.7 Å². The van der Waals surface area contributed by atoms with Crippen LogP contribution in [0.3, 0.4) is 0 Å². The normalized spacial score (nSPS) is 10.7.